The molecule has 28 heavy (non-hydrogen) atoms. The second-order valence-corrected chi connectivity index (χ2v) is 5.92. The average molecular weight is 503 g/mol. The molecule has 0 radical (unpaired) electrons. The molecule has 0 saturated heterocycles. The smallest absolute Gasteiger partial charge is 0.191 e. The number of benzene rings is 1. The summed E-state index contributed by atoms with van der Waals surface area (Å²) < 4.78 is 16.4. The van der Waals surface area contributed by atoms with E-state index in [0.717, 1.165) is 57.1 Å². The molecule has 0 bridgehead atoms. The van der Waals surface area contributed by atoms with Gasteiger partial charge in [-0.25, -0.2) is 4.99 Å². The first-order chi connectivity index (χ1) is 13.2. The van der Waals surface area contributed by atoms with Crippen molar-refractivity contribution in [2.24, 2.45) is 4.99 Å². The van der Waals surface area contributed by atoms with Gasteiger partial charge in [0.15, 0.2) is 17.5 Å². The van der Waals surface area contributed by atoms with Gasteiger partial charge in [0.1, 0.15) is 6.61 Å². The lowest BCUT2D eigenvalue weighted by Crippen LogP contribution is -2.38. The van der Waals surface area contributed by atoms with Crippen LogP contribution in [-0.4, -0.2) is 46.0 Å². The van der Waals surface area contributed by atoms with Crippen LogP contribution < -0.4 is 20.1 Å². The fourth-order valence-electron chi connectivity index (χ4n) is 2.29. The van der Waals surface area contributed by atoms with Crippen LogP contribution in [0.2, 0.25) is 0 Å². The van der Waals surface area contributed by atoms with Crippen LogP contribution in [-0.2, 0) is 11.3 Å². The third-order valence-electron chi connectivity index (χ3n) is 3.70. The fraction of sp³-hybridized carbons (Fsp3) is 0.571. The minimum atomic E-state index is 0. The van der Waals surface area contributed by atoms with Crippen LogP contribution in [0.3, 0.4) is 0 Å². The SMILES string of the molecule is C#CCOc1cc(CN=C(NCC)NCCCOCCCC)ccc1OC.I. The van der Waals surface area contributed by atoms with Gasteiger partial charge in [0, 0.05) is 26.3 Å². The maximum absolute atomic E-state index is 5.57. The Labute approximate surface area is 186 Å². The number of terminal acetylenes is 1. The zero-order chi connectivity index (χ0) is 19.7. The number of methoxy groups -OCH3 is 1. The molecule has 1 rings (SSSR count). The van der Waals surface area contributed by atoms with Crippen molar-refractivity contribution in [2.45, 2.75) is 39.7 Å². The van der Waals surface area contributed by atoms with Gasteiger partial charge in [0.05, 0.1) is 13.7 Å². The Balaban J connectivity index is 0.00000729. The van der Waals surface area contributed by atoms with E-state index in [1.807, 2.05) is 25.1 Å². The quantitative estimate of drug-likeness (QED) is 0.142. The standard InChI is InChI=1S/C21H33N3O3.HI/c1-5-8-14-26-15-9-12-23-21(22-7-3)24-17-18-10-11-19(25-4)20(16-18)27-13-6-2;/h2,10-11,16H,5,7-9,12-15,17H2,1,3-4H3,(H2,22,23,24);1H. The van der Waals surface area contributed by atoms with E-state index in [2.05, 4.69) is 28.5 Å². The Kier molecular flexibility index (Phi) is 16.4. The summed E-state index contributed by atoms with van der Waals surface area (Å²) in [6, 6.07) is 5.74. The highest BCUT2D eigenvalue weighted by Crippen LogP contribution is 2.28. The number of hydrogen-bond acceptors (Lipinski definition) is 4. The number of hydrogen-bond donors (Lipinski definition) is 2. The van der Waals surface area contributed by atoms with Crippen LogP contribution in [0, 0.1) is 12.3 Å². The minimum Gasteiger partial charge on any atom is -0.493 e. The van der Waals surface area contributed by atoms with Gasteiger partial charge in [-0.3, -0.25) is 0 Å². The number of aliphatic imine (C=N–C) groups is 1. The molecule has 0 heterocycles. The third kappa shape index (κ3) is 11.2. The Morgan fingerprint density at radius 2 is 1.93 bits per heavy atom. The topological polar surface area (TPSA) is 64.1 Å². The van der Waals surface area contributed by atoms with E-state index in [4.69, 9.17) is 20.6 Å². The minimum absolute atomic E-state index is 0. The van der Waals surface area contributed by atoms with E-state index in [1.165, 1.54) is 0 Å². The number of ether oxygens (including phenoxy) is 3. The summed E-state index contributed by atoms with van der Waals surface area (Å²) in [5, 5.41) is 6.58. The van der Waals surface area contributed by atoms with Crippen LogP contribution in [0.25, 0.3) is 0 Å². The molecule has 1 aromatic rings. The van der Waals surface area contributed by atoms with Crippen molar-refractivity contribution in [3.8, 4) is 23.8 Å². The molecule has 2 N–H and O–H groups in total. The Hall–Kier alpha value is -1.66. The van der Waals surface area contributed by atoms with Crippen LogP contribution in [0.4, 0.5) is 0 Å². The monoisotopic (exact) mass is 503 g/mol. The lowest BCUT2D eigenvalue weighted by molar-refractivity contribution is 0.129. The van der Waals surface area contributed by atoms with Crippen LogP contribution in [0.15, 0.2) is 23.2 Å². The number of halogens is 1. The van der Waals surface area contributed by atoms with Gasteiger partial charge in [-0.1, -0.05) is 25.3 Å². The van der Waals surface area contributed by atoms with Crippen molar-refractivity contribution in [1.82, 2.24) is 10.6 Å². The highest BCUT2D eigenvalue weighted by Gasteiger charge is 2.06. The van der Waals surface area contributed by atoms with Crippen molar-refractivity contribution >= 4 is 29.9 Å². The van der Waals surface area contributed by atoms with Crippen molar-refractivity contribution in [2.75, 3.05) is 40.0 Å². The lowest BCUT2D eigenvalue weighted by atomic mass is 10.2. The molecular weight excluding hydrogens is 469 g/mol. The fourth-order valence-corrected chi connectivity index (χ4v) is 2.29. The summed E-state index contributed by atoms with van der Waals surface area (Å²) in [7, 11) is 1.61. The second kappa shape index (κ2) is 17.4. The molecule has 0 aromatic heterocycles. The number of nitrogens with zero attached hydrogens (tertiary/aromatic N) is 1. The highest BCUT2D eigenvalue weighted by molar-refractivity contribution is 14.0. The molecule has 0 unspecified atom stereocenters. The first-order valence-electron chi connectivity index (χ1n) is 9.58. The van der Waals surface area contributed by atoms with Gasteiger partial charge in [-0.15, -0.1) is 30.4 Å². The van der Waals surface area contributed by atoms with E-state index in [0.29, 0.717) is 18.0 Å². The van der Waals surface area contributed by atoms with Gasteiger partial charge in [-0.05, 0) is 37.5 Å². The van der Waals surface area contributed by atoms with Crippen LogP contribution >= 0.6 is 24.0 Å². The summed E-state index contributed by atoms with van der Waals surface area (Å²) in [6.45, 7) is 8.16. The van der Waals surface area contributed by atoms with Gasteiger partial charge >= 0.3 is 0 Å². The Morgan fingerprint density at radius 3 is 2.61 bits per heavy atom. The van der Waals surface area contributed by atoms with Crippen LogP contribution in [0.5, 0.6) is 11.5 Å². The molecule has 0 aliphatic carbocycles. The molecule has 158 valence electrons. The van der Waals surface area contributed by atoms with E-state index in [1.54, 1.807) is 7.11 Å². The Morgan fingerprint density at radius 1 is 1.14 bits per heavy atom. The van der Waals surface area contributed by atoms with Gasteiger partial charge in [0.25, 0.3) is 0 Å². The predicted molar refractivity (Wildman–Crippen MR) is 126 cm³/mol. The lowest BCUT2D eigenvalue weighted by Gasteiger charge is -2.12. The number of guanidine groups is 1. The molecule has 0 saturated carbocycles. The van der Waals surface area contributed by atoms with Gasteiger partial charge in [0.2, 0.25) is 0 Å². The number of unbranched alkanes of at least 4 members (excludes halogenated alkanes) is 1. The maximum Gasteiger partial charge on any atom is 0.191 e. The summed E-state index contributed by atoms with van der Waals surface area (Å²) in [4.78, 5) is 4.62. The summed E-state index contributed by atoms with van der Waals surface area (Å²) >= 11 is 0. The normalized spacial score (nSPS) is 10.6. The van der Waals surface area contributed by atoms with E-state index in [9.17, 15) is 0 Å². The predicted octanol–water partition coefficient (Wildman–Crippen LogP) is 3.59. The summed E-state index contributed by atoms with van der Waals surface area (Å²) in [5.74, 6) is 4.54. The molecule has 0 atom stereocenters. The van der Waals surface area contributed by atoms with E-state index < -0.39 is 0 Å². The molecule has 0 fully saturated rings. The summed E-state index contributed by atoms with van der Waals surface area (Å²) in [5.41, 5.74) is 1.02. The van der Waals surface area contributed by atoms with Crippen molar-refractivity contribution in [3.05, 3.63) is 23.8 Å². The number of rotatable bonds is 13. The third-order valence-corrected chi connectivity index (χ3v) is 3.70. The van der Waals surface area contributed by atoms with Gasteiger partial charge < -0.3 is 24.8 Å². The van der Waals surface area contributed by atoms with E-state index in [-0.39, 0.29) is 30.6 Å². The zero-order valence-corrected chi connectivity index (χ0v) is 19.6. The van der Waals surface area contributed by atoms with Crippen molar-refractivity contribution in [1.29, 1.82) is 0 Å². The maximum atomic E-state index is 5.57. The molecule has 0 spiro atoms. The molecular formula is C21H34IN3O3. The Bertz CT molecular complexity index is 603. The molecule has 7 heteroatoms. The molecule has 6 nitrogen and oxygen atoms in total. The van der Waals surface area contributed by atoms with E-state index >= 15 is 0 Å². The first-order valence-corrected chi connectivity index (χ1v) is 9.58. The summed E-state index contributed by atoms with van der Waals surface area (Å²) in [6.07, 6.45) is 8.49. The number of nitrogens with one attached hydrogen (secondary N) is 2. The highest BCUT2D eigenvalue weighted by atomic mass is 127. The molecule has 1 aromatic carbocycles. The largest absolute Gasteiger partial charge is 0.493 e. The van der Waals surface area contributed by atoms with Gasteiger partial charge in [-0.2, -0.15) is 0 Å². The average Bonchev–Trinajstić information content (AvgIpc) is 2.69. The first kappa shape index (κ1) is 26.3. The van der Waals surface area contributed by atoms with Crippen LogP contribution in [0.1, 0.15) is 38.7 Å². The second-order valence-electron chi connectivity index (χ2n) is 5.92. The van der Waals surface area contributed by atoms with Crippen molar-refractivity contribution in [3.63, 3.8) is 0 Å². The molecule has 0 amide bonds. The molecule has 0 aliphatic heterocycles. The van der Waals surface area contributed by atoms with Crippen molar-refractivity contribution < 1.29 is 14.2 Å². The molecule has 0 aliphatic rings. The zero-order valence-electron chi connectivity index (χ0n) is 17.3.